The molecule has 0 bridgehead atoms. The lowest BCUT2D eigenvalue weighted by molar-refractivity contribution is 0.194. The Morgan fingerprint density at radius 1 is 1.20 bits per heavy atom. The number of nitrogens with two attached hydrogens (primary N) is 1. The van der Waals surface area contributed by atoms with E-state index < -0.39 is 0 Å². The van der Waals surface area contributed by atoms with Crippen molar-refractivity contribution in [1.82, 2.24) is 15.3 Å². The summed E-state index contributed by atoms with van der Waals surface area (Å²) >= 11 is 0. The van der Waals surface area contributed by atoms with Crippen LogP contribution in [0.4, 0.5) is 15.9 Å². The van der Waals surface area contributed by atoms with Gasteiger partial charge in [-0.2, -0.15) is 9.97 Å². The van der Waals surface area contributed by atoms with Gasteiger partial charge < -0.3 is 26.0 Å². The third-order valence-electron chi connectivity index (χ3n) is 8.07. The van der Waals surface area contributed by atoms with Crippen LogP contribution in [0.15, 0.2) is 36.9 Å². The Bertz CT molecular complexity index is 1400. The molecule has 2 aliphatic heterocycles. The Morgan fingerprint density at radius 3 is 2.89 bits per heavy atom. The smallest absolute Gasteiger partial charge is 0.324 e. The third kappa shape index (κ3) is 3.13. The topological polar surface area (TPSA) is 88.3 Å². The zero-order valence-electron chi connectivity index (χ0n) is 19.6. The molecule has 0 amide bonds. The highest BCUT2D eigenvalue weighted by Crippen LogP contribution is 2.48. The number of anilines is 2. The molecule has 1 saturated heterocycles. The molecular weight excluding hydrogens is 443 g/mol. The van der Waals surface area contributed by atoms with Gasteiger partial charge in [0.1, 0.15) is 17.4 Å². The van der Waals surface area contributed by atoms with Gasteiger partial charge in [-0.15, -0.1) is 0 Å². The fourth-order valence-electron chi connectivity index (χ4n) is 6.18. The van der Waals surface area contributed by atoms with E-state index in [-0.39, 0.29) is 11.9 Å². The molecule has 4 aliphatic rings. The maximum Gasteiger partial charge on any atom is 0.324 e. The van der Waals surface area contributed by atoms with Crippen molar-refractivity contribution in [2.75, 3.05) is 30.4 Å². The molecule has 3 aromatic rings. The summed E-state index contributed by atoms with van der Waals surface area (Å²) in [6, 6.07) is 9.64. The summed E-state index contributed by atoms with van der Waals surface area (Å²) in [4.78, 5) is 12.0. The minimum Gasteiger partial charge on any atom is -0.424 e. The lowest BCUT2D eigenvalue weighted by atomic mass is 9.72. The lowest BCUT2D eigenvalue weighted by Crippen LogP contribution is -2.46. The molecule has 1 saturated carbocycles. The largest absolute Gasteiger partial charge is 0.424 e. The molecule has 3 atom stereocenters. The lowest BCUT2D eigenvalue weighted by Gasteiger charge is -2.36. The van der Waals surface area contributed by atoms with Gasteiger partial charge in [-0.3, -0.25) is 0 Å². The molecule has 2 aliphatic carbocycles. The van der Waals surface area contributed by atoms with Crippen LogP contribution in [-0.4, -0.2) is 36.1 Å². The number of ether oxygens (including phenoxy) is 1. The van der Waals surface area contributed by atoms with Gasteiger partial charge in [-0.05, 0) is 59.2 Å². The fourth-order valence-corrected chi connectivity index (χ4v) is 6.18. The summed E-state index contributed by atoms with van der Waals surface area (Å²) in [5.74, 6) is 2.26. The predicted octanol–water partition coefficient (Wildman–Crippen LogP) is 3.88. The molecule has 0 spiro atoms. The van der Waals surface area contributed by atoms with Gasteiger partial charge in [0.05, 0.1) is 5.69 Å². The average Bonchev–Trinajstić information content (AvgIpc) is 3.51. The summed E-state index contributed by atoms with van der Waals surface area (Å²) < 4.78 is 20.8. The molecule has 4 N–H and O–H groups in total. The first-order chi connectivity index (χ1) is 17.0. The van der Waals surface area contributed by atoms with Gasteiger partial charge in [0, 0.05) is 61.7 Å². The van der Waals surface area contributed by atoms with Crippen LogP contribution in [-0.2, 0) is 13.0 Å². The second-order valence-corrected chi connectivity index (χ2v) is 10.0. The molecule has 1 aromatic heterocycles. The van der Waals surface area contributed by atoms with Gasteiger partial charge >= 0.3 is 6.01 Å². The number of benzene rings is 2. The van der Waals surface area contributed by atoms with Gasteiger partial charge in [0.2, 0.25) is 0 Å². The summed E-state index contributed by atoms with van der Waals surface area (Å²) in [7, 11) is 1.81. The van der Waals surface area contributed by atoms with E-state index in [1.54, 1.807) is 6.07 Å². The van der Waals surface area contributed by atoms with Crippen LogP contribution in [0.2, 0.25) is 0 Å². The highest BCUT2D eigenvalue weighted by atomic mass is 19.1. The normalized spacial score (nSPS) is 23.2. The summed E-state index contributed by atoms with van der Waals surface area (Å²) in [6.45, 7) is 6.60. The fraction of sp³-hybridized carbons (Fsp3) is 0.333. The number of nitrogens with one attached hydrogen (secondary N) is 2. The van der Waals surface area contributed by atoms with Crippen LogP contribution in [0.25, 0.3) is 16.8 Å². The number of fused-ring (bicyclic) bond motifs is 5. The van der Waals surface area contributed by atoms with Crippen molar-refractivity contribution in [3.8, 4) is 22.9 Å². The van der Waals surface area contributed by atoms with E-state index in [1.807, 2.05) is 25.2 Å². The third-order valence-corrected chi connectivity index (χ3v) is 8.07. The molecule has 0 radical (unpaired) electrons. The molecule has 35 heavy (non-hydrogen) atoms. The van der Waals surface area contributed by atoms with Crippen LogP contribution in [0.5, 0.6) is 11.8 Å². The second-order valence-electron chi connectivity index (χ2n) is 10.0. The minimum atomic E-state index is -0.275. The standard InChI is InChI=1S/C27H27FN6O/c1-13-18-8-17(4-3-14(18)10-31-13)35-27-32-24-9-19-20(6-16(28)7-23(19)30-2)25(24)26(33-27)34-11-15-5-22(29)21(15)12-34/h3-4,6-8,15,21-22,30-31H,1,5,9-12,29H2,2H3/t15-,21?,22-/m1/s1. The zero-order valence-corrected chi connectivity index (χ0v) is 19.6. The van der Waals surface area contributed by atoms with E-state index in [0.29, 0.717) is 30.0 Å². The molecular formula is C27H27FN6O. The molecule has 178 valence electrons. The number of hydrogen-bond donors (Lipinski definition) is 3. The predicted molar refractivity (Wildman–Crippen MR) is 134 cm³/mol. The van der Waals surface area contributed by atoms with Gasteiger partial charge in [-0.1, -0.05) is 12.6 Å². The van der Waals surface area contributed by atoms with Crippen molar-refractivity contribution in [2.45, 2.75) is 25.4 Å². The van der Waals surface area contributed by atoms with Crippen LogP contribution in [0.1, 0.15) is 28.8 Å². The first kappa shape index (κ1) is 20.7. The van der Waals surface area contributed by atoms with E-state index >= 15 is 0 Å². The van der Waals surface area contributed by atoms with Crippen molar-refractivity contribution < 1.29 is 9.13 Å². The Morgan fingerprint density at radius 2 is 2.09 bits per heavy atom. The highest BCUT2D eigenvalue weighted by Gasteiger charge is 2.46. The SMILES string of the molecule is C=C1NCc2ccc(Oc3nc4c(c(N5CC6[C@H](C[C@H]6N)C5)n3)-c3cc(F)cc(NC)c3C4)cc21. The molecule has 3 heterocycles. The molecule has 1 unspecified atom stereocenters. The Labute approximate surface area is 203 Å². The zero-order chi connectivity index (χ0) is 23.8. The Balaban J connectivity index is 1.32. The van der Waals surface area contributed by atoms with Crippen molar-refractivity contribution in [1.29, 1.82) is 0 Å². The molecule has 2 fully saturated rings. The number of aromatic nitrogens is 2. The van der Waals surface area contributed by atoms with Crippen LogP contribution in [0.3, 0.4) is 0 Å². The second kappa shape index (κ2) is 7.42. The molecule has 2 aromatic carbocycles. The van der Waals surface area contributed by atoms with Gasteiger partial charge in [0.25, 0.3) is 0 Å². The molecule has 7 rings (SSSR count). The van der Waals surface area contributed by atoms with Gasteiger partial charge in [-0.25, -0.2) is 4.39 Å². The first-order valence-corrected chi connectivity index (χ1v) is 12.1. The Kier molecular flexibility index (Phi) is 4.39. The summed E-state index contributed by atoms with van der Waals surface area (Å²) in [5.41, 5.74) is 13.9. The monoisotopic (exact) mass is 470 g/mol. The van der Waals surface area contributed by atoms with Crippen LogP contribution < -0.4 is 26.0 Å². The van der Waals surface area contributed by atoms with Crippen molar-refractivity contribution in [3.05, 3.63) is 65.1 Å². The van der Waals surface area contributed by atoms with E-state index in [1.165, 1.54) is 11.6 Å². The number of halogens is 1. The van der Waals surface area contributed by atoms with E-state index in [4.69, 9.17) is 20.4 Å². The van der Waals surface area contributed by atoms with Crippen LogP contribution >= 0.6 is 0 Å². The highest BCUT2D eigenvalue weighted by molar-refractivity contribution is 5.88. The van der Waals surface area contributed by atoms with Crippen molar-refractivity contribution in [2.24, 2.45) is 17.6 Å². The molecule has 8 heteroatoms. The Hall–Kier alpha value is -3.65. The number of hydrogen-bond acceptors (Lipinski definition) is 7. The summed E-state index contributed by atoms with van der Waals surface area (Å²) in [6.07, 6.45) is 1.64. The quantitative estimate of drug-likeness (QED) is 0.417. The number of nitrogens with zero attached hydrogens (tertiary/aromatic N) is 3. The van der Waals surface area contributed by atoms with E-state index in [2.05, 4.69) is 22.1 Å². The summed E-state index contributed by atoms with van der Waals surface area (Å²) in [5, 5.41) is 6.41. The molecule has 7 nitrogen and oxygen atoms in total. The maximum absolute atomic E-state index is 14.6. The first-order valence-electron chi connectivity index (χ1n) is 12.1. The van der Waals surface area contributed by atoms with Crippen LogP contribution in [0, 0.1) is 17.7 Å². The minimum absolute atomic E-state index is 0.240. The average molecular weight is 471 g/mol. The van der Waals surface area contributed by atoms with Crippen molar-refractivity contribution in [3.63, 3.8) is 0 Å². The van der Waals surface area contributed by atoms with Gasteiger partial charge in [0.15, 0.2) is 0 Å². The maximum atomic E-state index is 14.6. The van der Waals surface area contributed by atoms with Crippen molar-refractivity contribution >= 4 is 17.2 Å². The van der Waals surface area contributed by atoms with E-state index in [9.17, 15) is 4.39 Å². The number of rotatable bonds is 4. The van der Waals surface area contributed by atoms with E-state index in [0.717, 1.165) is 71.2 Å².